The Bertz CT molecular complexity index is 209. The van der Waals surface area contributed by atoms with Gasteiger partial charge in [-0.2, -0.15) is 0 Å². The second kappa shape index (κ2) is 4.25. The second-order valence-corrected chi connectivity index (χ2v) is 4.10. The average molecular weight is 198 g/mol. The predicted octanol–water partition coefficient (Wildman–Crippen LogP) is -1.94. The van der Waals surface area contributed by atoms with Gasteiger partial charge < -0.3 is 11.1 Å². The minimum Gasteiger partial charge on any atom is -0.369 e. The van der Waals surface area contributed by atoms with E-state index in [-0.39, 0.29) is 5.91 Å². The number of nitrogens with two attached hydrogens (primary N) is 1. The van der Waals surface area contributed by atoms with Gasteiger partial charge >= 0.3 is 0 Å². The van der Waals surface area contributed by atoms with Gasteiger partial charge in [0.15, 0.2) is 0 Å². The first kappa shape index (κ1) is 9.89. The molecule has 1 amide bonds. The number of hydrogen-bond acceptors (Lipinski definition) is 4. The normalized spacial score (nSPS) is 26.0. The standard InChI is InChI=1S/C9H18N4O/c10-9(14)7-12-5-8(6-12)13-3-1-11-2-4-13/h8,11H,1-7H2,(H2,10,14). The van der Waals surface area contributed by atoms with Crippen molar-refractivity contribution >= 4 is 5.91 Å². The van der Waals surface area contributed by atoms with E-state index >= 15 is 0 Å². The van der Waals surface area contributed by atoms with E-state index in [0.29, 0.717) is 12.6 Å². The number of carbonyl (C=O) groups is 1. The molecule has 0 aliphatic carbocycles. The molecular formula is C9H18N4O. The van der Waals surface area contributed by atoms with Gasteiger partial charge in [0.1, 0.15) is 0 Å². The van der Waals surface area contributed by atoms with E-state index < -0.39 is 0 Å². The average Bonchev–Trinajstić information content (AvgIpc) is 2.12. The monoisotopic (exact) mass is 198 g/mol. The van der Waals surface area contributed by atoms with Crippen LogP contribution in [0.3, 0.4) is 0 Å². The number of rotatable bonds is 3. The Morgan fingerprint density at radius 3 is 2.57 bits per heavy atom. The number of amides is 1. The summed E-state index contributed by atoms with van der Waals surface area (Å²) in [7, 11) is 0. The van der Waals surface area contributed by atoms with E-state index in [2.05, 4.69) is 15.1 Å². The molecule has 0 aromatic rings. The van der Waals surface area contributed by atoms with Crippen LogP contribution in [0.15, 0.2) is 0 Å². The molecule has 2 rings (SSSR count). The molecule has 2 fully saturated rings. The Hall–Kier alpha value is -0.650. The third kappa shape index (κ3) is 2.23. The van der Waals surface area contributed by atoms with Crippen molar-refractivity contribution in [1.82, 2.24) is 15.1 Å². The second-order valence-electron chi connectivity index (χ2n) is 4.10. The zero-order chi connectivity index (χ0) is 9.97. The van der Waals surface area contributed by atoms with Crippen molar-refractivity contribution in [3.8, 4) is 0 Å². The lowest BCUT2D eigenvalue weighted by Crippen LogP contribution is -2.63. The molecule has 14 heavy (non-hydrogen) atoms. The lowest BCUT2D eigenvalue weighted by molar-refractivity contribution is -0.121. The van der Waals surface area contributed by atoms with Crippen molar-refractivity contribution < 1.29 is 4.79 Å². The smallest absolute Gasteiger partial charge is 0.231 e. The number of hydrogen-bond donors (Lipinski definition) is 2. The zero-order valence-corrected chi connectivity index (χ0v) is 8.41. The summed E-state index contributed by atoms with van der Waals surface area (Å²) in [6.45, 7) is 6.87. The zero-order valence-electron chi connectivity index (χ0n) is 8.41. The third-order valence-corrected chi connectivity index (χ3v) is 2.99. The Balaban J connectivity index is 1.68. The SMILES string of the molecule is NC(=O)CN1CC(N2CCNCC2)C1. The molecule has 2 aliphatic rings. The molecule has 0 unspecified atom stereocenters. The van der Waals surface area contributed by atoms with Crippen LogP contribution in [-0.2, 0) is 4.79 Å². The molecule has 2 aliphatic heterocycles. The molecule has 0 aromatic heterocycles. The lowest BCUT2D eigenvalue weighted by atomic mass is 10.1. The molecule has 0 bridgehead atoms. The van der Waals surface area contributed by atoms with Gasteiger partial charge in [-0.15, -0.1) is 0 Å². The summed E-state index contributed by atoms with van der Waals surface area (Å²) in [5.41, 5.74) is 5.12. The van der Waals surface area contributed by atoms with E-state index in [1.54, 1.807) is 0 Å². The number of nitrogens with zero attached hydrogens (tertiary/aromatic N) is 2. The molecule has 5 nitrogen and oxygen atoms in total. The maximum Gasteiger partial charge on any atom is 0.231 e. The Morgan fingerprint density at radius 1 is 1.36 bits per heavy atom. The highest BCUT2D eigenvalue weighted by molar-refractivity contribution is 5.76. The fraction of sp³-hybridized carbons (Fsp3) is 0.889. The fourth-order valence-electron chi connectivity index (χ4n) is 2.17. The molecule has 2 saturated heterocycles. The van der Waals surface area contributed by atoms with Crippen molar-refractivity contribution in [3.63, 3.8) is 0 Å². The fourth-order valence-corrected chi connectivity index (χ4v) is 2.17. The highest BCUT2D eigenvalue weighted by atomic mass is 16.1. The lowest BCUT2D eigenvalue weighted by Gasteiger charge is -2.46. The molecule has 80 valence electrons. The highest BCUT2D eigenvalue weighted by Gasteiger charge is 2.32. The van der Waals surface area contributed by atoms with E-state index in [0.717, 1.165) is 39.3 Å². The summed E-state index contributed by atoms with van der Waals surface area (Å²) in [4.78, 5) is 15.2. The first-order valence-corrected chi connectivity index (χ1v) is 5.21. The molecule has 0 spiro atoms. The van der Waals surface area contributed by atoms with Crippen LogP contribution < -0.4 is 11.1 Å². The van der Waals surface area contributed by atoms with E-state index in [1.165, 1.54) is 0 Å². The van der Waals surface area contributed by atoms with Crippen LogP contribution >= 0.6 is 0 Å². The number of carbonyl (C=O) groups excluding carboxylic acids is 1. The summed E-state index contributed by atoms with van der Waals surface area (Å²) in [5, 5.41) is 3.33. The van der Waals surface area contributed by atoms with E-state index in [1.807, 2.05) is 0 Å². The molecule has 5 heteroatoms. The van der Waals surface area contributed by atoms with Crippen molar-refractivity contribution in [2.45, 2.75) is 6.04 Å². The highest BCUT2D eigenvalue weighted by Crippen LogP contribution is 2.14. The Kier molecular flexibility index (Phi) is 3.00. The van der Waals surface area contributed by atoms with E-state index in [4.69, 9.17) is 5.73 Å². The van der Waals surface area contributed by atoms with Gasteiger partial charge in [0.2, 0.25) is 5.91 Å². The molecule has 0 radical (unpaired) electrons. The quantitative estimate of drug-likeness (QED) is 0.554. The molecule has 0 saturated carbocycles. The molecule has 0 atom stereocenters. The number of likely N-dealkylation sites (tertiary alicyclic amines) is 1. The van der Waals surface area contributed by atoms with Gasteiger partial charge in [0.05, 0.1) is 6.54 Å². The third-order valence-electron chi connectivity index (χ3n) is 2.99. The van der Waals surface area contributed by atoms with Gasteiger partial charge in [-0.25, -0.2) is 0 Å². The summed E-state index contributed by atoms with van der Waals surface area (Å²) < 4.78 is 0. The summed E-state index contributed by atoms with van der Waals surface area (Å²) in [5.74, 6) is -0.219. The maximum absolute atomic E-state index is 10.6. The number of nitrogens with one attached hydrogen (secondary N) is 1. The van der Waals surface area contributed by atoms with Crippen LogP contribution in [0, 0.1) is 0 Å². The minimum absolute atomic E-state index is 0.219. The molecule has 3 N–H and O–H groups in total. The predicted molar refractivity (Wildman–Crippen MR) is 53.9 cm³/mol. The van der Waals surface area contributed by atoms with Gasteiger partial charge in [0, 0.05) is 45.3 Å². The number of piperazine rings is 1. The summed E-state index contributed by atoms with van der Waals surface area (Å²) in [6, 6.07) is 0.649. The maximum atomic E-state index is 10.6. The van der Waals surface area contributed by atoms with Gasteiger partial charge in [-0.3, -0.25) is 14.6 Å². The van der Waals surface area contributed by atoms with Crippen LogP contribution in [0.4, 0.5) is 0 Å². The van der Waals surface area contributed by atoms with Crippen LogP contribution in [0.5, 0.6) is 0 Å². The first-order valence-electron chi connectivity index (χ1n) is 5.21. The van der Waals surface area contributed by atoms with Crippen LogP contribution in [0.1, 0.15) is 0 Å². The van der Waals surface area contributed by atoms with Crippen molar-refractivity contribution in [2.24, 2.45) is 5.73 Å². The first-order chi connectivity index (χ1) is 6.75. The largest absolute Gasteiger partial charge is 0.369 e. The summed E-state index contributed by atoms with van der Waals surface area (Å²) in [6.07, 6.45) is 0. The number of primary amides is 1. The van der Waals surface area contributed by atoms with Gasteiger partial charge in [-0.1, -0.05) is 0 Å². The minimum atomic E-state index is -0.219. The van der Waals surface area contributed by atoms with Gasteiger partial charge in [0.25, 0.3) is 0 Å². The van der Waals surface area contributed by atoms with Crippen molar-refractivity contribution in [3.05, 3.63) is 0 Å². The van der Waals surface area contributed by atoms with Gasteiger partial charge in [-0.05, 0) is 0 Å². The van der Waals surface area contributed by atoms with Crippen molar-refractivity contribution in [2.75, 3.05) is 45.8 Å². The van der Waals surface area contributed by atoms with Crippen LogP contribution in [0.25, 0.3) is 0 Å². The van der Waals surface area contributed by atoms with Crippen LogP contribution in [-0.4, -0.2) is 67.6 Å². The Morgan fingerprint density at radius 2 is 2.00 bits per heavy atom. The molecular weight excluding hydrogens is 180 g/mol. The topological polar surface area (TPSA) is 61.6 Å². The molecule has 2 heterocycles. The molecule has 0 aromatic carbocycles. The summed E-state index contributed by atoms with van der Waals surface area (Å²) >= 11 is 0. The van der Waals surface area contributed by atoms with Crippen molar-refractivity contribution in [1.29, 1.82) is 0 Å². The van der Waals surface area contributed by atoms with Crippen LogP contribution in [0.2, 0.25) is 0 Å². The van der Waals surface area contributed by atoms with E-state index in [9.17, 15) is 4.79 Å². The Labute approximate surface area is 84.2 Å².